The van der Waals surface area contributed by atoms with E-state index >= 15 is 0 Å². The van der Waals surface area contributed by atoms with Crippen LogP contribution in [-0.2, 0) is 23.5 Å². The van der Waals surface area contributed by atoms with Crippen molar-refractivity contribution in [3.05, 3.63) is 87.5 Å². The molecule has 4 aromatic rings. The Morgan fingerprint density at radius 1 is 0.953 bits per heavy atom. The molecule has 3 amide bonds. The molecule has 0 atom stereocenters. The van der Waals surface area contributed by atoms with E-state index in [-0.39, 0.29) is 32.6 Å². The van der Waals surface area contributed by atoms with Crippen LogP contribution in [0.25, 0.3) is 10.9 Å². The quantitative estimate of drug-likeness (QED) is 0.199. The van der Waals surface area contributed by atoms with Gasteiger partial charge in [-0.3, -0.25) is 4.79 Å². The normalized spacial score (nSPS) is 14.0. The molecular formula is C31H32Cl2N4O5S. The summed E-state index contributed by atoms with van der Waals surface area (Å²) in [5, 5.41) is 7.27. The van der Waals surface area contributed by atoms with E-state index in [4.69, 9.17) is 27.9 Å². The van der Waals surface area contributed by atoms with E-state index in [1.54, 1.807) is 12.1 Å². The van der Waals surface area contributed by atoms with Crippen LogP contribution >= 0.6 is 23.2 Å². The third-order valence-electron chi connectivity index (χ3n) is 7.57. The van der Waals surface area contributed by atoms with Gasteiger partial charge < -0.3 is 19.9 Å². The van der Waals surface area contributed by atoms with Crippen LogP contribution in [0.3, 0.4) is 0 Å². The van der Waals surface area contributed by atoms with E-state index in [0.717, 1.165) is 47.7 Å². The molecule has 3 aromatic carbocycles. The molecule has 1 aliphatic carbocycles. The lowest BCUT2D eigenvalue weighted by Gasteiger charge is -2.22. The van der Waals surface area contributed by atoms with Gasteiger partial charge in [-0.05, 0) is 72.5 Å². The van der Waals surface area contributed by atoms with Crippen molar-refractivity contribution in [2.75, 3.05) is 12.4 Å². The van der Waals surface area contributed by atoms with Crippen molar-refractivity contribution in [2.24, 2.45) is 7.05 Å². The highest BCUT2D eigenvalue weighted by atomic mass is 35.5. The number of carbonyl (C=O) groups excluding carboxylic acids is 2. The number of anilines is 1. The topological polar surface area (TPSA) is 119 Å². The molecule has 0 aliphatic heterocycles. The van der Waals surface area contributed by atoms with Gasteiger partial charge in [0.15, 0.2) is 0 Å². The van der Waals surface area contributed by atoms with Gasteiger partial charge in [0.05, 0.1) is 12.0 Å². The number of urea groups is 1. The number of methoxy groups -OCH3 is 1. The van der Waals surface area contributed by atoms with Crippen molar-refractivity contribution in [1.82, 2.24) is 14.6 Å². The molecule has 0 saturated heterocycles. The van der Waals surface area contributed by atoms with Gasteiger partial charge in [-0.1, -0.05) is 48.5 Å². The Morgan fingerprint density at radius 2 is 1.67 bits per heavy atom. The molecule has 43 heavy (non-hydrogen) atoms. The second-order valence-electron chi connectivity index (χ2n) is 10.7. The minimum absolute atomic E-state index is 0.102. The molecule has 9 nitrogen and oxygen atoms in total. The van der Waals surface area contributed by atoms with Gasteiger partial charge in [0.2, 0.25) is 0 Å². The number of nitrogens with one attached hydrogen (secondary N) is 3. The molecule has 0 unspecified atom stereocenters. The van der Waals surface area contributed by atoms with Crippen LogP contribution in [0, 0.1) is 0 Å². The third kappa shape index (κ3) is 7.26. The summed E-state index contributed by atoms with van der Waals surface area (Å²) in [4.78, 5) is 25.3. The number of sulfonamides is 1. The van der Waals surface area contributed by atoms with Crippen LogP contribution in [0.4, 0.5) is 10.5 Å². The number of aryl methyl sites for hydroxylation is 1. The number of benzene rings is 3. The number of amides is 3. The fraction of sp³-hybridized carbons (Fsp3) is 0.290. The Morgan fingerprint density at radius 3 is 2.37 bits per heavy atom. The smallest absolute Gasteiger partial charge is 0.319 e. The second kappa shape index (κ2) is 12.9. The van der Waals surface area contributed by atoms with Gasteiger partial charge >= 0.3 is 6.03 Å². The van der Waals surface area contributed by atoms with E-state index in [1.165, 1.54) is 37.8 Å². The number of carbonyl (C=O) groups is 2. The lowest BCUT2D eigenvalue weighted by atomic mass is 9.96. The van der Waals surface area contributed by atoms with Crippen molar-refractivity contribution in [3.8, 4) is 5.75 Å². The molecule has 1 aromatic heterocycles. The van der Waals surface area contributed by atoms with E-state index in [1.807, 2.05) is 36.0 Å². The molecule has 1 fully saturated rings. The fourth-order valence-corrected chi connectivity index (χ4v) is 7.15. The molecule has 226 valence electrons. The minimum Gasteiger partial charge on any atom is -0.496 e. The number of fused-ring (bicyclic) bond motifs is 1. The zero-order valence-electron chi connectivity index (χ0n) is 23.7. The number of hydrogen-bond acceptors (Lipinski definition) is 5. The number of halogens is 2. The SMILES string of the molecule is COc1cc(C(=O)NS(=O)(=O)c2cc(Cl)cc(Cl)c2)ccc1Cc1cn(C)c2ccc(NC(=O)NC3CCCCC3)cc12. The van der Waals surface area contributed by atoms with Crippen molar-refractivity contribution in [1.29, 1.82) is 0 Å². The van der Waals surface area contributed by atoms with Gasteiger partial charge in [0.25, 0.3) is 15.9 Å². The number of ether oxygens (including phenoxy) is 1. The lowest BCUT2D eigenvalue weighted by Crippen LogP contribution is -2.38. The fourth-order valence-electron chi connectivity index (χ4n) is 5.45. The van der Waals surface area contributed by atoms with Gasteiger partial charge in [-0.2, -0.15) is 0 Å². The van der Waals surface area contributed by atoms with Crippen LogP contribution in [0.5, 0.6) is 5.75 Å². The highest BCUT2D eigenvalue weighted by molar-refractivity contribution is 7.90. The summed E-state index contributed by atoms with van der Waals surface area (Å²) in [6, 6.07) is 14.4. The Hall–Kier alpha value is -3.73. The summed E-state index contributed by atoms with van der Waals surface area (Å²) in [6.07, 6.45) is 7.98. The van der Waals surface area contributed by atoms with Crippen molar-refractivity contribution in [2.45, 2.75) is 49.5 Å². The molecule has 0 bridgehead atoms. The largest absolute Gasteiger partial charge is 0.496 e. The molecule has 0 radical (unpaired) electrons. The average Bonchev–Trinajstić information content (AvgIpc) is 3.27. The Balaban J connectivity index is 1.34. The van der Waals surface area contributed by atoms with Gasteiger partial charge in [0, 0.05) is 57.9 Å². The van der Waals surface area contributed by atoms with Crippen LogP contribution in [-0.4, -0.2) is 38.1 Å². The van der Waals surface area contributed by atoms with Crippen molar-refractivity contribution in [3.63, 3.8) is 0 Å². The zero-order chi connectivity index (χ0) is 30.7. The molecule has 3 N–H and O–H groups in total. The predicted octanol–water partition coefficient (Wildman–Crippen LogP) is 6.66. The highest BCUT2D eigenvalue weighted by Crippen LogP contribution is 2.30. The molecular weight excluding hydrogens is 611 g/mol. The first-order chi connectivity index (χ1) is 20.5. The first kappa shape index (κ1) is 30.7. The van der Waals surface area contributed by atoms with Crippen molar-refractivity contribution < 1.29 is 22.7 Å². The van der Waals surface area contributed by atoms with E-state index in [9.17, 15) is 18.0 Å². The Bertz CT molecular complexity index is 1780. The number of aromatic nitrogens is 1. The molecule has 12 heteroatoms. The Labute approximate surface area is 260 Å². The monoisotopic (exact) mass is 642 g/mol. The first-order valence-corrected chi connectivity index (χ1v) is 16.1. The maximum absolute atomic E-state index is 12.9. The summed E-state index contributed by atoms with van der Waals surface area (Å²) in [7, 11) is -0.782. The van der Waals surface area contributed by atoms with Gasteiger partial charge in [-0.15, -0.1) is 0 Å². The third-order valence-corrected chi connectivity index (χ3v) is 9.32. The summed E-state index contributed by atoms with van der Waals surface area (Å²) < 4.78 is 35.2. The van der Waals surface area contributed by atoms with Crippen LogP contribution in [0.1, 0.15) is 53.6 Å². The van der Waals surface area contributed by atoms with E-state index < -0.39 is 15.9 Å². The number of rotatable bonds is 8. The summed E-state index contributed by atoms with van der Waals surface area (Å²) in [6.45, 7) is 0. The maximum atomic E-state index is 12.9. The number of hydrogen-bond donors (Lipinski definition) is 3. The molecule has 1 heterocycles. The van der Waals surface area contributed by atoms with Gasteiger partial charge in [0.1, 0.15) is 5.75 Å². The average molecular weight is 644 g/mol. The molecule has 5 rings (SSSR count). The van der Waals surface area contributed by atoms with Gasteiger partial charge in [-0.25, -0.2) is 17.9 Å². The minimum atomic E-state index is -4.22. The zero-order valence-corrected chi connectivity index (χ0v) is 26.1. The first-order valence-electron chi connectivity index (χ1n) is 13.9. The highest BCUT2D eigenvalue weighted by Gasteiger charge is 2.22. The predicted molar refractivity (Wildman–Crippen MR) is 169 cm³/mol. The van der Waals surface area contributed by atoms with E-state index in [2.05, 4.69) is 15.4 Å². The lowest BCUT2D eigenvalue weighted by molar-refractivity contribution is 0.0981. The number of nitrogens with zero attached hydrogens (tertiary/aromatic N) is 1. The van der Waals surface area contributed by atoms with Crippen LogP contribution < -0.4 is 20.1 Å². The van der Waals surface area contributed by atoms with Crippen LogP contribution in [0.2, 0.25) is 10.0 Å². The van der Waals surface area contributed by atoms with Crippen LogP contribution in [0.15, 0.2) is 65.7 Å². The summed E-state index contributed by atoms with van der Waals surface area (Å²) in [5.41, 5.74) is 3.57. The van der Waals surface area contributed by atoms with E-state index in [0.29, 0.717) is 17.9 Å². The van der Waals surface area contributed by atoms with Crippen molar-refractivity contribution >= 4 is 61.8 Å². The standard InChI is InChI=1S/C31H32Cl2N4O5S/c1-37-18-21(27-17-25(10-11-28(27)37)35-31(39)34-24-6-4-3-5-7-24)12-19-8-9-20(13-29(19)42-2)30(38)36-43(40,41)26-15-22(32)14-23(33)16-26/h8-11,13-18,24H,3-7,12H2,1-2H3,(H,36,38)(H2,34,35,39). The Kier molecular flexibility index (Phi) is 9.19. The molecule has 1 aliphatic rings. The molecule has 1 saturated carbocycles. The molecule has 0 spiro atoms. The maximum Gasteiger partial charge on any atom is 0.319 e. The summed E-state index contributed by atoms with van der Waals surface area (Å²) in [5.74, 6) is -0.401. The summed E-state index contributed by atoms with van der Waals surface area (Å²) >= 11 is 11.9. The second-order valence-corrected chi connectivity index (χ2v) is 13.2.